The van der Waals surface area contributed by atoms with E-state index in [1.807, 2.05) is 12.3 Å². The smallest absolute Gasteiger partial charge is 0.277 e. The second kappa shape index (κ2) is 8.96. The second-order valence-corrected chi connectivity index (χ2v) is 10.8. The summed E-state index contributed by atoms with van der Waals surface area (Å²) in [4.78, 5) is 17.0. The van der Waals surface area contributed by atoms with E-state index in [4.69, 9.17) is 4.42 Å². The van der Waals surface area contributed by atoms with Gasteiger partial charge in [-0.1, -0.05) is 23.9 Å². The molecule has 158 valence electrons. The lowest BCUT2D eigenvalue weighted by atomic mass is 10.1. The van der Waals surface area contributed by atoms with Crippen molar-refractivity contribution in [3.63, 3.8) is 0 Å². The molecule has 1 saturated heterocycles. The fourth-order valence-electron chi connectivity index (χ4n) is 3.11. The number of Topliss-reactive ketones (excluding diaryl/α,β-unsaturated/α-hetero) is 1. The monoisotopic (exact) mass is 464 g/mol. The van der Waals surface area contributed by atoms with Crippen LogP contribution in [-0.4, -0.2) is 52.5 Å². The lowest BCUT2D eigenvalue weighted by molar-refractivity contribution is 0.102. The average molecular weight is 465 g/mol. The molecular formula is C19H20N4O4S3. The number of thiazole rings is 1. The van der Waals surface area contributed by atoms with Gasteiger partial charge in [-0.3, -0.25) is 4.79 Å². The third-order valence-corrected chi connectivity index (χ3v) is 8.21. The molecule has 1 aromatic carbocycles. The topological polar surface area (TPSA) is 106 Å². The van der Waals surface area contributed by atoms with Crippen molar-refractivity contribution in [2.24, 2.45) is 0 Å². The number of hydrogen-bond donors (Lipinski definition) is 0. The summed E-state index contributed by atoms with van der Waals surface area (Å²) in [5, 5.41) is 11.2. The van der Waals surface area contributed by atoms with Crippen LogP contribution in [0.1, 0.15) is 39.8 Å². The van der Waals surface area contributed by atoms with Gasteiger partial charge in [-0.25, -0.2) is 13.4 Å². The first-order valence-electron chi connectivity index (χ1n) is 9.41. The highest BCUT2D eigenvalue weighted by molar-refractivity contribution is 7.99. The van der Waals surface area contributed by atoms with E-state index < -0.39 is 10.0 Å². The molecule has 1 aliphatic rings. The molecule has 2 aromatic heterocycles. The molecule has 30 heavy (non-hydrogen) atoms. The molecule has 3 aromatic rings. The summed E-state index contributed by atoms with van der Waals surface area (Å²) in [6.07, 6.45) is 2.22. The molecular weight excluding hydrogens is 444 g/mol. The van der Waals surface area contributed by atoms with Crippen LogP contribution in [0.4, 0.5) is 0 Å². The van der Waals surface area contributed by atoms with Gasteiger partial charge in [-0.2, -0.15) is 4.31 Å². The van der Waals surface area contributed by atoms with Crippen molar-refractivity contribution in [1.29, 1.82) is 0 Å². The van der Waals surface area contributed by atoms with Crippen molar-refractivity contribution >= 4 is 38.9 Å². The summed E-state index contributed by atoms with van der Waals surface area (Å²) in [5.41, 5.74) is 1.32. The number of nitrogens with zero attached hydrogens (tertiary/aromatic N) is 4. The van der Waals surface area contributed by atoms with Gasteiger partial charge < -0.3 is 4.42 Å². The molecule has 1 aliphatic heterocycles. The first-order chi connectivity index (χ1) is 14.4. The minimum atomic E-state index is -3.48. The Morgan fingerprint density at radius 2 is 1.93 bits per heavy atom. The highest BCUT2D eigenvalue weighted by Gasteiger charge is 2.27. The van der Waals surface area contributed by atoms with Crippen LogP contribution in [-0.2, 0) is 16.4 Å². The van der Waals surface area contributed by atoms with Crippen LogP contribution in [0.25, 0.3) is 0 Å². The number of carbonyl (C=O) groups is 1. The van der Waals surface area contributed by atoms with E-state index in [-0.39, 0.29) is 16.4 Å². The Morgan fingerprint density at radius 3 is 2.60 bits per heavy atom. The molecule has 0 atom stereocenters. The summed E-state index contributed by atoms with van der Waals surface area (Å²) in [6.45, 7) is 3.03. The second-order valence-electron chi connectivity index (χ2n) is 6.84. The fourth-order valence-corrected chi connectivity index (χ4v) is 5.92. The number of aromatic nitrogens is 3. The molecule has 3 heterocycles. The van der Waals surface area contributed by atoms with E-state index in [1.165, 1.54) is 16.4 Å². The number of carbonyl (C=O) groups excluding carboxylic acids is 1. The van der Waals surface area contributed by atoms with Crippen LogP contribution >= 0.6 is 23.1 Å². The molecule has 8 nitrogen and oxygen atoms in total. The van der Waals surface area contributed by atoms with Crippen LogP contribution in [0.2, 0.25) is 0 Å². The summed E-state index contributed by atoms with van der Waals surface area (Å²) < 4.78 is 32.2. The number of thioether (sulfide) groups is 1. The van der Waals surface area contributed by atoms with E-state index in [1.54, 1.807) is 23.5 Å². The van der Waals surface area contributed by atoms with Gasteiger partial charge in [-0.05, 0) is 31.9 Å². The van der Waals surface area contributed by atoms with Gasteiger partial charge in [0.15, 0.2) is 5.78 Å². The van der Waals surface area contributed by atoms with Gasteiger partial charge in [-0.15, -0.1) is 21.5 Å². The Hall–Kier alpha value is -2.08. The van der Waals surface area contributed by atoms with Gasteiger partial charge in [0, 0.05) is 24.0 Å². The van der Waals surface area contributed by atoms with Gasteiger partial charge in [0.2, 0.25) is 15.9 Å². The highest BCUT2D eigenvalue weighted by Crippen LogP contribution is 2.23. The number of benzene rings is 1. The first-order valence-corrected chi connectivity index (χ1v) is 12.7. The van der Waals surface area contributed by atoms with Gasteiger partial charge in [0.1, 0.15) is 0 Å². The molecule has 1 fully saturated rings. The maximum atomic E-state index is 12.6. The van der Waals surface area contributed by atoms with E-state index in [9.17, 15) is 13.2 Å². The van der Waals surface area contributed by atoms with Crippen molar-refractivity contribution in [1.82, 2.24) is 19.5 Å². The molecule has 0 N–H and O–H groups in total. The zero-order valence-electron chi connectivity index (χ0n) is 16.3. The number of hydrogen-bond acceptors (Lipinski definition) is 9. The van der Waals surface area contributed by atoms with Crippen LogP contribution in [0.3, 0.4) is 0 Å². The minimum Gasteiger partial charge on any atom is -0.416 e. The maximum absolute atomic E-state index is 12.6. The Bertz CT molecular complexity index is 1130. The minimum absolute atomic E-state index is 0.121. The Balaban J connectivity index is 1.34. The number of aryl methyl sites for hydroxylation is 1. The molecule has 0 unspecified atom stereocenters. The number of ketones is 1. The van der Waals surface area contributed by atoms with Crippen LogP contribution in [0.5, 0.6) is 0 Å². The third-order valence-electron chi connectivity index (χ3n) is 4.65. The van der Waals surface area contributed by atoms with Crippen LogP contribution in [0, 0.1) is 6.92 Å². The van der Waals surface area contributed by atoms with Crippen molar-refractivity contribution in [2.45, 2.75) is 36.3 Å². The summed E-state index contributed by atoms with van der Waals surface area (Å²) >= 11 is 2.72. The van der Waals surface area contributed by atoms with Crippen molar-refractivity contribution in [2.75, 3.05) is 18.8 Å². The molecule has 0 spiro atoms. The number of sulfonamides is 1. The Kier molecular flexibility index (Phi) is 6.32. The fraction of sp³-hybridized carbons (Fsp3) is 0.368. The molecule has 11 heteroatoms. The van der Waals surface area contributed by atoms with E-state index in [0.717, 1.165) is 35.3 Å². The van der Waals surface area contributed by atoms with Crippen LogP contribution in [0.15, 0.2) is 44.2 Å². The molecule has 0 saturated carbocycles. The Morgan fingerprint density at radius 1 is 1.20 bits per heavy atom. The molecule has 0 radical (unpaired) electrons. The quantitative estimate of drug-likeness (QED) is 0.370. The van der Waals surface area contributed by atoms with E-state index in [2.05, 4.69) is 15.2 Å². The molecule has 0 aliphatic carbocycles. The van der Waals surface area contributed by atoms with Gasteiger partial charge in [0.25, 0.3) is 5.22 Å². The predicted molar refractivity (Wildman–Crippen MR) is 113 cm³/mol. The summed E-state index contributed by atoms with van der Waals surface area (Å²) in [5.74, 6) is 0.432. The molecule has 0 amide bonds. The number of rotatable bonds is 8. The zero-order chi connectivity index (χ0) is 21.1. The van der Waals surface area contributed by atoms with Gasteiger partial charge in [0.05, 0.1) is 27.8 Å². The van der Waals surface area contributed by atoms with Crippen LogP contribution < -0.4 is 0 Å². The first kappa shape index (κ1) is 21.2. The average Bonchev–Trinajstić information content (AvgIpc) is 3.49. The summed E-state index contributed by atoms with van der Waals surface area (Å²) in [6, 6.07) is 6.09. The maximum Gasteiger partial charge on any atom is 0.277 e. The van der Waals surface area contributed by atoms with Crippen molar-refractivity contribution in [3.05, 3.63) is 51.8 Å². The van der Waals surface area contributed by atoms with Crippen molar-refractivity contribution < 1.29 is 17.6 Å². The zero-order valence-corrected chi connectivity index (χ0v) is 18.7. The Labute approximate surface area is 182 Å². The molecule has 0 bridgehead atoms. The van der Waals surface area contributed by atoms with E-state index in [0.29, 0.717) is 36.2 Å². The van der Waals surface area contributed by atoms with E-state index >= 15 is 0 Å². The SMILES string of the molecule is Cc1nc(Cc2nnc(SCC(=O)c3ccc(S(=O)(=O)N4CCCC4)cc3)o2)cs1. The lowest BCUT2D eigenvalue weighted by Gasteiger charge is -2.15. The highest BCUT2D eigenvalue weighted by atomic mass is 32.2. The van der Waals surface area contributed by atoms with Gasteiger partial charge >= 0.3 is 0 Å². The lowest BCUT2D eigenvalue weighted by Crippen LogP contribution is -2.27. The third kappa shape index (κ3) is 4.80. The largest absolute Gasteiger partial charge is 0.416 e. The standard InChI is InChI=1S/C19H20N4O4S3/c1-13-20-15(11-28-13)10-18-21-22-19(27-18)29-12-17(24)14-4-6-16(7-5-14)30(25,26)23-8-2-3-9-23/h4-7,11H,2-3,8-10,12H2,1H3. The predicted octanol–water partition coefficient (Wildman–Crippen LogP) is 3.18. The van der Waals surface area contributed by atoms with Crippen molar-refractivity contribution in [3.8, 4) is 0 Å². The normalized spacial score (nSPS) is 15.0. The summed E-state index contributed by atoms with van der Waals surface area (Å²) in [7, 11) is -3.48. The molecule has 4 rings (SSSR count).